The molecule has 4 rings (SSSR count). The van der Waals surface area contributed by atoms with Crippen molar-refractivity contribution in [2.24, 2.45) is 0 Å². The van der Waals surface area contributed by atoms with Crippen LogP contribution in [-0.4, -0.2) is 40.9 Å². The summed E-state index contributed by atoms with van der Waals surface area (Å²) < 4.78 is 49.8. The monoisotopic (exact) mass is 492 g/mol. The number of carbonyl (C=O) groups excluding carboxylic acids is 2. The molecule has 1 unspecified atom stereocenters. The molecule has 2 aromatic carbocycles. The third-order valence-corrected chi connectivity index (χ3v) is 5.97. The van der Waals surface area contributed by atoms with Crippen LogP contribution in [0.5, 0.6) is 5.75 Å². The summed E-state index contributed by atoms with van der Waals surface area (Å²) in [4.78, 5) is 26.3. The van der Waals surface area contributed by atoms with E-state index >= 15 is 0 Å². The molecule has 3 aromatic rings. The van der Waals surface area contributed by atoms with Crippen molar-refractivity contribution >= 4 is 35.0 Å². The maximum atomic E-state index is 13.1. The largest absolute Gasteiger partial charge is 0.497 e. The van der Waals surface area contributed by atoms with E-state index in [1.165, 1.54) is 6.07 Å². The van der Waals surface area contributed by atoms with Crippen LogP contribution < -0.4 is 15.0 Å². The molecule has 0 aliphatic carbocycles. The van der Waals surface area contributed by atoms with Gasteiger partial charge in [0, 0.05) is 0 Å². The van der Waals surface area contributed by atoms with Crippen molar-refractivity contribution in [2.45, 2.75) is 30.0 Å². The first-order valence-electron chi connectivity index (χ1n) is 10.1. The molecule has 0 fully saturated rings. The summed E-state index contributed by atoms with van der Waals surface area (Å²) in [6, 6.07) is 10.2. The number of anilines is 2. The molecule has 0 saturated heterocycles. The summed E-state index contributed by atoms with van der Waals surface area (Å²) in [5.41, 5.74) is 0.129. The number of hydrogen-bond donors (Lipinski definition) is 1. The number of alkyl halides is 3. The lowest BCUT2D eigenvalue weighted by Crippen LogP contribution is -2.45. The minimum absolute atomic E-state index is 0.0730. The quantitative estimate of drug-likeness (QED) is 0.516. The van der Waals surface area contributed by atoms with Crippen LogP contribution in [0.4, 0.5) is 24.5 Å². The number of nitrogens with one attached hydrogen (secondary N) is 1. The second kappa shape index (κ2) is 9.37. The zero-order valence-electron chi connectivity index (χ0n) is 18.0. The van der Waals surface area contributed by atoms with E-state index in [2.05, 4.69) is 15.5 Å². The molecule has 1 aromatic heterocycles. The molecule has 34 heavy (non-hydrogen) atoms. The number of benzene rings is 2. The van der Waals surface area contributed by atoms with Gasteiger partial charge in [-0.2, -0.15) is 13.2 Å². The van der Waals surface area contributed by atoms with Crippen LogP contribution >= 0.6 is 11.8 Å². The number of methoxy groups -OCH3 is 1. The lowest BCUT2D eigenvalue weighted by molar-refractivity contribution is -0.137. The number of fused-ring (bicyclic) bond motifs is 1. The summed E-state index contributed by atoms with van der Waals surface area (Å²) in [5, 5.41) is 9.77. The van der Waals surface area contributed by atoms with E-state index in [0.29, 0.717) is 12.3 Å². The molecule has 0 saturated carbocycles. The topological polar surface area (TPSA) is 97.6 Å². The summed E-state index contributed by atoms with van der Waals surface area (Å²) >= 11 is 1.00. The molecule has 2 heterocycles. The fraction of sp³-hybridized carbons (Fsp3) is 0.273. The molecular formula is C22H19F3N4O4S. The fourth-order valence-corrected chi connectivity index (χ4v) is 4.12. The number of nitrogens with zero attached hydrogens (tertiary/aromatic N) is 3. The van der Waals surface area contributed by atoms with Crippen LogP contribution in [0.15, 0.2) is 52.1 Å². The first-order chi connectivity index (χ1) is 16.1. The number of rotatable bonds is 6. The maximum absolute atomic E-state index is 13.1. The minimum Gasteiger partial charge on any atom is -0.497 e. The van der Waals surface area contributed by atoms with E-state index in [1.54, 1.807) is 14.0 Å². The summed E-state index contributed by atoms with van der Waals surface area (Å²) in [5.74, 6) is 0.0165. The molecule has 0 spiro atoms. The normalized spacial score (nSPS) is 14.4. The Morgan fingerprint density at radius 1 is 1.24 bits per heavy atom. The average molecular weight is 492 g/mol. The van der Waals surface area contributed by atoms with Crippen LogP contribution in [0.3, 0.4) is 0 Å². The second-order valence-corrected chi connectivity index (χ2v) is 8.74. The van der Waals surface area contributed by atoms with Gasteiger partial charge in [-0.3, -0.25) is 14.5 Å². The van der Waals surface area contributed by atoms with Crippen molar-refractivity contribution in [1.82, 2.24) is 10.2 Å². The van der Waals surface area contributed by atoms with E-state index in [0.717, 1.165) is 40.1 Å². The Balaban J connectivity index is 1.45. The van der Waals surface area contributed by atoms with Crippen LogP contribution in [0.1, 0.15) is 23.9 Å². The molecule has 1 aliphatic heterocycles. The minimum atomic E-state index is -4.57. The zero-order chi connectivity index (χ0) is 24.5. The third-order valence-electron chi connectivity index (χ3n) is 5.04. The highest BCUT2D eigenvalue weighted by atomic mass is 32.2. The third kappa shape index (κ3) is 5.16. The number of amides is 2. The van der Waals surface area contributed by atoms with Crippen molar-refractivity contribution in [2.75, 3.05) is 23.9 Å². The van der Waals surface area contributed by atoms with Gasteiger partial charge in [-0.1, -0.05) is 23.9 Å². The first-order valence-corrected chi connectivity index (χ1v) is 11.0. The van der Waals surface area contributed by atoms with Gasteiger partial charge in [0.2, 0.25) is 17.7 Å². The smallest absolute Gasteiger partial charge is 0.416 e. The molecular weight excluding hydrogens is 473 g/mol. The van der Waals surface area contributed by atoms with Crippen LogP contribution in [0.25, 0.3) is 0 Å². The average Bonchev–Trinajstić information content (AvgIpc) is 3.24. The maximum Gasteiger partial charge on any atom is 0.416 e. The molecule has 0 radical (unpaired) electrons. The number of thioether (sulfide) groups is 1. The SMILES string of the molecule is COc1ccc(Cc2nnc(SC(C)C(=O)N3CC(=O)Nc4cc(C(F)(F)F)ccc43)o2)cc1. The van der Waals surface area contributed by atoms with Crippen molar-refractivity contribution in [1.29, 1.82) is 0 Å². The van der Waals surface area contributed by atoms with Crippen LogP contribution in [-0.2, 0) is 22.2 Å². The Labute approximate surface area is 196 Å². The lowest BCUT2D eigenvalue weighted by atomic mass is 10.1. The summed E-state index contributed by atoms with van der Waals surface area (Å²) in [7, 11) is 1.58. The van der Waals surface area contributed by atoms with E-state index in [9.17, 15) is 22.8 Å². The Bertz CT molecular complexity index is 1210. The lowest BCUT2D eigenvalue weighted by Gasteiger charge is -2.31. The number of carbonyl (C=O) groups is 2. The highest BCUT2D eigenvalue weighted by molar-refractivity contribution is 8.00. The van der Waals surface area contributed by atoms with Gasteiger partial charge in [-0.05, 0) is 42.8 Å². The zero-order valence-corrected chi connectivity index (χ0v) is 18.9. The number of hydrogen-bond acceptors (Lipinski definition) is 7. The van der Waals surface area contributed by atoms with Gasteiger partial charge in [0.25, 0.3) is 5.22 Å². The number of ether oxygens (including phenoxy) is 1. The van der Waals surface area contributed by atoms with Crippen molar-refractivity contribution in [3.63, 3.8) is 0 Å². The summed E-state index contributed by atoms with van der Waals surface area (Å²) in [6.07, 6.45) is -4.18. The van der Waals surface area contributed by atoms with Gasteiger partial charge in [-0.15, -0.1) is 10.2 Å². The van der Waals surface area contributed by atoms with Gasteiger partial charge < -0.3 is 14.5 Å². The predicted octanol–water partition coefficient (Wildman–Crippen LogP) is 4.15. The standard InChI is InChI=1S/C22H19F3N4O4S/c1-12(34-21-28-27-19(33-21)9-13-3-6-15(32-2)7-4-13)20(31)29-11-18(30)26-16-10-14(22(23,24)25)5-8-17(16)29/h3-8,10,12H,9,11H2,1-2H3,(H,26,30). The Morgan fingerprint density at radius 3 is 2.65 bits per heavy atom. The van der Waals surface area contributed by atoms with Crippen molar-refractivity contribution < 1.29 is 31.9 Å². The predicted molar refractivity (Wildman–Crippen MR) is 118 cm³/mol. The number of halogens is 3. The molecule has 1 N–H and O–H groups in total. The number of aromatic nitrogens is 2. The Morgan fingerprint density at radius 2 is 1.97 bits per heavy atom. The van der Waals surface area contributed by atoms with E-state index < -0.39 is 28.8 Å². The fourth-order valence-electron chi connectivity index (χ4n) is 3.36. The van der Waals surface area contributed by atoms with E-state index in [-0.39, 0.29) is 23.1 Å². The van der Waals surface area contributed by atoms with Gasteiger partial charge >= 0.3 is 6.18 Å². The molecule has 0 bridgehead atoms. The Hall–Kier alpha value is -3.54. The summed E-state index contributed by atoms with van der Waals surface area (Å²) in [6.45, 7) is 1.28. The highest BCUT2D eigenvalue weighted by Gasteiger charge is 2.35. The van der Waals surface area contributed by atoms with E-state index in [4.69, 9.17) is 9.15 Å². The van der Waals surface area contributed by atoms with Crippen LogP contribution in [0, 0.1) is 0 Å². The van der Waals surface area contributed by atoms with E-state index in [1.807, 2.05) is 24.3 Å². The molecule has 1 atom stereocenters. The van der Waals surface area contributed by atoms with Gasteiger partial charge in [0.1, 0.15) is 12.3 Å². The highest BCUT2D eigenvalue weighted by Crippen LogP contribution is 2.38. The van der Waals surface area contributed by atoms with Crippen LogP contribution in [0.2, 0.25) is 0 Å². The molecule has 178 valence electrons. The molecule has 8 nitrogen and oxygen atoms in total. The van der Waals surface area contributed by atoms with Gasteiger partial charge in [0.05, 0.1) is 35.7 Å². The molecule has 1 aliphatic rings. The first kappa shape index (κ1) is 23.6. The van der Waals surface area contributed by atoms with Crippen molar-refractivity contribution in [3.8, 4) is 5.75 Å². The Kier molecular flexibility index (Phi) is 6.51. The second-order valence-electron chi connectivity index (χ2n) is 7.45. The molecule has 2 amide bonds. The van der Waals surface area contributed by atoms with Gasteiger partial charge in [0.15, 0.2) is 0 Å². The van der Waals surface area contributed by atoms with Gasteiger partial charge in [-0.25, -0.2) is 0 Å². The molecule has 12 heteroatoms. The van der Waals surface area contributed by atoms with Crippen molar-refractivity contribution in [3.05, 3.63) is 59.5 Å².